The molecule has 0 saturated carbocycles. The third-order valence-electron chi connectivity index (χ3n) is 2.83. The maximum absolute atomic E-state index is 13.6. The first kappa shape index (κ1) is 14.2. The summed E-state index contributed by atoms with van der Waals surface area (Å²) in [6.45, 7) is -0.0979. The van der Waals surface area contributed by atoms with Crippen LogP contribution in [0.2, 0.25) is 0 Å². The first-order chi connectivity index (χ1) is 8.86. The van der Waals surface area contributed by atoms with Crippen LogP contribution in [-0.4, -0.2) is 17.3 Å². The van der Waals surface area contributed by atoms with Gasteiger partial charge < -0.3 is 4.90 Å². The largest absolute Gasteiger partial charge is 0.306 e. The van der Waals surface area contributed by atoms with Crippen molar-refractivity contribution in [3.05, 3.63) is 29.1 Å². The average Bonchev–Trinajstić information content (AvgIpc) is 2.39. The van der Waals surface area contributed by atoms with Gasteiger partial charge in [-0.15, -0.1) is 0 Å². The molecular formula is C11H7BrF5NO. The molecule has 1 amide bonds. The maximum atomic E-state index is 13.6. The van der Waals surface area contributed by atoms with Crippen molar-refractivity contribution < 1.29 is 26.7 Å². The quantitative estimate of drug-likeness (QED) is 0.331. The van der Waals surface area contributed by atoms with E-state index in [4.69, 9.17) is 0 Å². The molecule has 1 aliphatic rings. The Morgan fingerprint density at radius 3 is 1.95 bits per heavy atom. The summed E-state index contributed by atoms with van der Waals surface area (Å²) in [7, 11) is 0. The second kappa shape index (κ2) is 5.07. The lowest BCUT2D eigenvalue weighted by molar-refractivity contribution is -0.118. The maximum Gasteiger partial charge on any atom is 0.240 e. The van der Waals surface area contributed by atoms with Crippen molar-refractivity contribution in [1.29, 1.82) is 0 Å². The highest BCUT2D eigenvalue weighted by Gasteiger charge is 2.35. The summed E-state index contributed by atoms with van der Waals surface area (Å²) in [5.74, 6) is -11.1. The lowest BCUT2D eigenvalue weighted by Gasteiger charge is -2.30. The number of hydrogen-bond donors (Lipinski definition) is 0. The van der Waals surface area contributed by atoms with Gasteiger partial charge in [-0.3, -0.25) is 4.79 Å². The SMILES string of the molecule is O=C1C(Br)CCCN1c1c(F)c(F)c(F)c(F)c1F. The molecule has 1 unspecified atom stereocenters. The number of rotatable bonds is 1. The van der Waals surface area contributed by atoms with E-state index in [1.807, 2.05) is 0 Å². The number of carbonyl (C=O) groups is 1. The zero-order valence-corrected chi connectivity index (χ0v) is 10.9. The molecule has 1 saturated heterocycles. The van der Waals surface area contributed by atoms with Crippen molar-refractivity contribution in [2.24, 2.45) is 0 Å². The highest BCUT2D eigenvalue weighted by Crippen LogP contribution is 2.33. The molecule has 0 aromatic heterocycles. The summed E-state index contributed by atoms with van der Waals surface area (Å²) in [6, 6.07) is 0. The van der Waals surface area contributed by atoms with Crippen LogP contribution in [0.3, 0.4) is 0 Å². The van der Waals surface area contributed by atoms with Crippen LogP contribution in [0.25, 0.3) is 0 Å². The van der Waals surface area contributed by atoms with E-state index >= 15 is 0 Å². The van der Waals surface area contributed by atoms with Gasteiger partial charge in [-0.05, 0) is 12.8 Å². The first-order valence-corrected chi connectivity index (χ1v) is 6.24. The van der Waals surface area contributed by atoms with Gasteiger partial charge in [-0.2, -0.15) is 0 Å². The Kier molecular flexibility index (Phi) is 3.80. The summed E-state index contributed by atoms with van der Waals surface area (Å²) in [5, 5.41) is 0. The summed E-state index contributed by atoms with van der Waals surface area (Å²) >= 11 is 2.99. The van der Waals surface area contributed by atoms with E-state index in [2.05, 4.69) is 15.9 Å². The van der Waals surface area contributed by atoms with E-state index < -0.39 is 45.5 Å². The lowest BCUT2D eigenvalue weighted by atomic mass is 10.1. The summed E-state index contributed by atoms with van der Waals surface area (Å²) < 4.78 is 66.2. The van der Waals surface area contributed by atoms with E-state index in [9.17, 15) is 26.7 Å². The number of carbonyl (C=O) groups excluding carboxylic acids is 1. The Labute approximate surface area is 113 Å². The minimum absolute atomic E-state index is 0.0979. The second-order valence-corrected chi connectivity index (χ2v) is 5.12. The minimum atomic E-state index is -2.24. The number of anilines is 1. The fraction of sp³-hybridized carbons (Fsp3) is 0.364. The van der Waals surface area contributed by atoms with Gasteiger partial charge in [-0.1, -0.05) is 15.9 Å². The minimum Gasteiger partial charge on any atom is -0.306 e. The number of halogens is 6. The smallest absolute Gasteiger partial charge is 0.240 e. The van der Waals surface area contributed by atoms with Crippen molar-refractivity contribution in [2.75, 3.05) is 11.4 Å². The molecule has 1 aromatic carbocycles. The van der Waals surface area contributed by atoms with Gasteiger partial charge in [0.05, 0.1) is 4.83 Å². The van der Waals surface area contributed by atoms with Gasteiger partial charge in [0.25, 0.3) is 0 Å². The van der Waals surface area contributed by atoms with Crippen LogP contribution < -0.4 is 4.90 Å². The molecule has 1 fully saturated rings. The highest BCUT2D eigenvalue weighted by molar-refractivity contribution is 9.10. The van der Waals surface area contributed by atoms with E-state index in [1.54, 1.807) is 0 Å². The number of amides is 1. The fourth-order valence-corrected chi connectivity index (χ4v) is 2.45. The molecule has 2 nitrogen and oxygen atoms in total. The van der Waals surface area contributed by atoms with Crippen molar-refractivity contribution in [1.82, 2.24) is 0 Å². The predicted octanol–water partition coefficient (Wildman–Crippen LogP) is 3.27. The Bertz CT molecular complexity index is 521. The number of alkyl halides is 1. The van der Waals surface area contributed by atoms with Crippen molar-refractivity contribution in [2.45, 2.75) is 17.7 Å². The average molecular weight is 344 g/mol. The molecule has 0 radical (unpaired) electrons. The molecule has 1 atom stereocenters. The van der Waals surface area contributed by atoms with Crippen LogP contribution in [0.15, 0.2) is 0 Å². The van der Waals surface area contributed by atoms with Gasteiger partial charge in [0.15, 0.2) is 23.3 Å². The number of piperidine rings is 1. The zero-order chi connectivity index (χ0) is 14.3. The van der Waals surface area contributed by atoms with Crippen LogP contribution >= 0.6 is 15.9 Å². The molecular weight excluding hydrogens is 337 g/mol. The van der Waals surface area contributed by atoms with Crippen LogP contribution in [0, 0.1) is 29.1 Å². The molecule has 104 valence electrons. The first-order valence-electron chi connectivity index (χ1n) is 5.33. The monoisotopic (exact) mass is 343 g/mol. The van der Waals surface area contributed by atoms with Gasteiger partial charge >= 0.3 is 0 Å². The number of nitrogens with zero attached hydrogens (tertiary/aromatic N) is 1. The van der Waals surface area contributed by atoms with E-state index in [1.165, 1.54) is 0 Å². The summed E-state index contributed by atoms with van der Waals surface area (Å²) in [4.78, 5) is 11.6. The second-order valence-electron chi connectivity index (χ2n) is 4.02. The lowest BCUT2D eigenvalue weighted by Crippen LogP contribution is -2.43. The van der Waals surface area contributed by atoms with Gasteiger partial charge in [0, 0.05) is 6.54 Å². The Balaban J connectivity index is 2.59. The molecule has 0 bridgehead atoms. The van der Waals surface area contributed by atoms with Crippen LogP contribution in [0.5, 0.6) is 0 Å². The molecule has 1 aliphatic heterocycles. The topological polar surface area (TPSA) is 20.3 Å². The molecule has 8 heteroatoms. The number of benzene rings is 1. The van der Waals surface area contributed by atoms with Gasteiger partial charge in [-0.25, -0.2) is 22.0 Å². The molecule has 2 rings (SSSR count). The Morgan fingerprint density at radius 1 is 0.947 bits per heavy atom. The van der Waals surface area contributed by atoms with Crippen molar-refractivity contribution in [3.8, 4) is 0 Å². The summed E-state index contributed by atoms with van der Waals surface area (Å²) in [6.07, 6.45) is 0.825. The third kappa shape index (κ3) is 2.22. The zero-order valence-electron chi connectivity index (χ0n) is 9.32. The molecule has 0 aliphatic carbocycles. The normalized spacial score (nSPS) is 20.0. The Morgan fingerprint density at radius 2 is 1.42 bits per heavy atom. The van der Waals surface area contributed by atoms with Crippen LogP contribution in [0.1, 0.15) is 12.8 Å². The highest BCUT2D eigenvalue weighted by atomic mass is 79.9. The van der Waals surface area contributed by atoms with Gasteiger partial charge in [0.2, 0.25) is 11.7 Å². The molecule has 1 heterocycles. The third-order valence-corrected chi connectivity index (χ3v) is 3.68. The standard InChI is InChI=1S/C11H7BrF5NO/c12-4-2-1-3-18(11(4)19)10-8(16)6(14)5(13)7(15)9(10)17/h4H,1-3H2. The van der Waals surface area contributed by atoms with E-state index in [0.717, 1.165) is 0 Å². The van der Waals surface area contributed by atoms with E-state index in [0.29, 0.717) is 17.7 Å². The van der Waals surface area contributed by atoms with Crippen molar-refractivity contribution in [3.63, 3.8) is 0 Å². The Hall–Kier alpha value is -1.18. The molecule has 0 spiro atoms. The number of hydrogen-bond acceptors (Lipinski definition) is 1. The molecule has 0 N–H and O–H groups in total. The van der Waals surface area contributed by atoms with Gasteiger partial charge in [0.1, 0.15) is 5.69 Å². The summed E-state index contributed by atoms with van der Waals surface area (Å²) in [5.41, 5.74) is -1.19. The van der Waals surface area contributed by atoms with E-state index in [-0.39, 0.29) is 6.54 Å². The van der Waals surface area contributed by atoms with Crippen molar-refractivity contribution >= 4 is 27.5 Å². The predicted molar refractivity (Wildman–Crippen MR) is 60.5 cm³/mol. The molecule has 1 aromatic rings. The van der Waals surface area contributed by atoms with Crippen LogP contribution in [-0.2, 0) is 4.79 Å². The fourth-order valence-electron chi connectivity index (χ4n) is 1.88. The molecule has 19 heavy (non-hydrogen) atoms. The van der Waals surface area contributed by atoms with Crippen LogP contribution in [0.4, 0.5) is 27.6 Å².